The van der Waals surface area contributed by atoms with Crippen molar-refractivity contribution in [1.29, 1.82) is 0 Å². The minimum atomic E-state index is -1.23. The molecule has 1 heterocycles. The van der Waals surface area contributed by atoms with E-state index in [1.165, 1.54) is 11.0 Å². The number of rotatable bonds is 7. The Hall–Kier alpha value is -2.65. The van der Waals surface area contributed by atoms with E-state index in [1.807, 2.05) is 0 Å². The first-order valence-corrected chi connectivity index (χ1v) is 5.76. The van der Waals surface area contributed by atoms with E-state index in [9.17, 15) is 14.4 Å². The van der Waals surface area contributed by atoms with Gasteiger partial charge in [0.1, 0.15) is 19.4 Å². The van der Waals surface area contributed by atoms with Gasteiger partial charge < -0.3 is 21.1 Å². The number of primary amides is 1. The summed E-state index contributed by atoms with van der Waals surface area (Å²) in [6.45, 7) is -0.839. The van der Waals surface area contributed by atoms with Gasteiger partial charge in [-0.25, -0.2) is 9.78 Å². The first-order chi connectivity index (χ1) is 9.38. The Bertz CT molecular complexity index is 484. The minimum Gasteiger partial charge on any atom is -0.480 e. The molecule has 0 atom stereocenters. The summed E-state index contributed by atoms with van der Waals surface area (Å²) in [5.41, 5.74) is 4.95. The maximum absolute atomic E-state index is 11.7. The molecule has 4 N–H and O–H groups in total. The van der Waals surface area contributed by atoms with Crippen molar-refractivity contribution >= 4 is 17.9 Å². The van der Waals surface area contributed by atoms with E-state index in [0.29, 0.717) is 12.2 Å². The number of carbonyl (C=O) groups excluding carboxylic acids is 2. The highest BCUT2D eigenvalue weighted by molar-refractivity contribution is 5.85. The number of nitrogens with one attached hydrogen (secondary N) is 1. The van der Waals surface area contributed by atoms with Crippen molar-refractivity contribution in [3.63, 3.8) is 0 Å². The molecule has 0 unspecified atom stereocenters. The largest absolute Gasteiger partial charge is 0.480 e. The van der Waals surface area contributed by atoms with Crippen LogP contribution >= 0.6 is 0 Å². The van der Waals surface area contributed by atoms with E-state index >= 15 is 0 Å². The van der Waals surface area contributed by atoms with Crippen LogP contribution in [0, 0.1) is 0 Å². The number of nitrogens with zero attached hydrogens (tertiary/aromatic N) is 4. The van der Waals surface area contributed by atoms with Gasteiger partial charge >= 0.3 is 12.0 Å². The Morgan fingerprint density at radius 2 is 2.15 bits per heavy atom. The Morgan fingerprint density at radius 3 is 2.65 bits per heavy atom. The average molecular weight is 284 g/mol. The van der Waals surface area contributed by atoms with E-state index < -0.39 is 31.0 Å². The zero-order chi connectivity index (χ0) is 15.1. The van der Waals surface area contributed by atoms with Crippen molar-refractivity contribution in [2.45, 2.75) is 6.42 Å². The smallest absolute Gasteiger partial charge is 0.323 e. The van der Waals surface area contributed by atoms with E-state index in [-0.39, 0.29) is 6.54 Å². The fourth-order valence-corrected chi connectivity index (χ4v) is 1.44. The summed E-state index contributed by atoms with van der Waals surface area (Å²) >= 11 is 0. The van der Waals surface area contributed by atoms with Crippen molar-refractivity contribution < 1.29 is 19.5 Å². The summed E-state index contributed by atoms with van der Waals surface area (Å²) in [7, 11) is 1.72. The normalized spacial score (nSPS) is 10.1. The van der Waals surface area contributed by atoms with E-state index in [1.54, 1.807) is 7.05 Å². The molecule has 1 aromatic heterocycles. The van der Waals surface area contributed by atoms with Crippen molar-refractivity contribution in [3.05, 3.63) is 12.2 Å². The molecule has 0 aliphatic heterocycles. The summed E-state index contributed by atoms with van der Waals surface area (Å²) in [5.74, 6) is -1.46. The number of aliphatic carboxylic acids is 1. The number of carboxylic acid groups (broad SMARTS) is 1. The highest BCUT2D eigenvalue weighted by Gasteiger charge is 2.18. The van der Waals surface area contributed by atoms with Crippen LogP contribution in [0.1, 0.15) is 5.82 Å². The SMILES string of the molecule is Cn1cnc(CCNC(=O)N(CC(N)=O)CC(=O)O)n1. The van der Waals surface area contributed by atoms with Gasteiger partial charge in [-0.15, -0.1) is 0 Å². The second kappa shape index (κ2) is 7.07. The Morgan fingerprint density at radius 1 is 1.45 bits per heavy atom. The fraction of sp³-hybridized carbons (Fsp3) is 0.500. The van der Waals surface area contributed by atoms with Gasteiger partial charge in [0.05, 0.1) is 0 Å². The number of aryl methyl sites for hydroxylation is 1. The number of urea groups is 1. The number of aromatic nitrogens is 3. The first kappa shape index (κ1) is 15.4. The lowest BCUT2D eigenvalue weighted by molar-refractivity contribution is -0.137. The lowest BCUT2D eigenvalue weighted by atomic mass is 10.4. The van der Waals surface area contributed by atoms with Crippen molar-refractivity contribution in [1.82, 2.24) is 25.0 Å². The van der Waals surface area contributed by atoms with E-state index in [2.05, 4.69) is 15.4 Å². The summed E-state index contributed by atoms with van der Waals surface area (Å²) in [6.07, 6.45) is 1.92. The topological polar surface area (TPSA) is 143 Å². The zero-order valence-electron chi connectivity index (χ0n) is 10.9. The number of hydrogen-bond acceptors (Lipinski definition) is 5. The third-order valence-corrected chi connectivity index (χ3v) is 2.23. The molecule has 3 amide bonds. The molecule has 20 heavy (non-hydrogen) atoms. The van der Waals surface area contributed by atoms with Gasteiger partial charge in [0, 0.05) is 20.0 Å². The molecular weight excluding hydrogens is 268 g/mol. The van der Waals surface area contributed by atoms with E-state index in [4.69, 9.17) is 10.8 Å². The molecule has 0 fully saturated rings. The van der Waals surface area contributed by atoms with Gasteiger partial charge in [-0.3, -0.25) is 14.3 Å². The van der Waals surface area contributed by atoms with Crippen LogP contribution in [0.5, 0.6) is 0 Å². The van der Waals surface area contributed by atoms with E-state index in [0.717, 1.165) is 4.90 Å². The standard InChI is InChI=1S/C10H16N6O4/c1-15-6-13-8(14-15)2-3-12-10(20)16(4-7(11)17)5-9(18)19/h6H,2-5H2,1H3,(H2,11,17)(H,12,20)(H,18,19). The molecule has 1 rings (SSSR count). The van der Waals surface area contributed by atoms with Crippen LogP contribution in [0.15, 0.2) is 6.33 Å². The van der Waals surface area contributed by atoms with Crippen molar-refractivity contribution in [3.8, 4) is 0 Å². The quantitative estimate of drug-likeness (QED) is 0.525. The van der Waals surface area contributed by atoms with Crippen LogP contribution in [0.25, 0.3) is 0 Å². The summed E-state index contributed by atoms with van der Waals surface area (Å²) in [4.78, 5) is 37.9. The molecule has 10 heteroatoms. The van der Waals surface area contributed by atoms with Crippen LogP contribution in [0.4, 0.5) is 4.79 Å². The third-order valence-electron chi connectivity index (χ3n) is 2.23. The van der Waals surface area contributed by atoms with Crippen molar-refractivity contribution in [2.75, 3.05) is 19.6 Å². The minimum absolute atomic E-state index is 0.220. The lowest BCUT2D eigenvalue weighted by Gasteiger charge is -2.19. The van der Waals surface area contributed by atoms with Gasteiger partial charge in [0.2, 0.25) is 5.91 Å². The number of carboxylic acids is 1. The van der Waals surface area contributed by atoms with Gasteiger partial charge in [-0.05, 0) is 0 Å². The maximum atomic E-state index is 11.7. The van der Waals surface area contributed by atoms with Crippen molar-refractivity contribution in [2.24, 2.45) is 12.8 Å². The molecule has 110 valence electrons. The Labute approximate surface area is 114 Å². The molecular formula is C10H16N6O4. The molecule has 0 aromatic carbocycles. The summed E-state index contributed by atoms with van der Waals surface area (Å²) < 4.78 is 1.53. The van der Waals surface area contributed by atoms with Gasteiger partial charge in [0.15, 0.2) is 5.82 Å². The van der Waals surface area contributed by atoms with Crippen LogP contribution < -0.4 is 11.1 Å². The number of hydrogen-bond donors (Lipinski definition) is 3. The second-order valence-corrected chi connectivity index (χ2v) is 4.03. The van der Waals surface area contributed by atoms with Crippen LogP contribution in [0.2, 0.25) is 0 Å². The molecule has 0 bridgehead atoms. The van der Waals surface area contributed by atoms with Gasteiger partial charge in [0.25, 0.3) is 0 Å². The monoisotopic (exact) mass is 284 g/mol. The zero-order valence-corrected chi connectivity index (χ0v) is 10.9. The lowest BCUT2D eigenvalue weighted by Crippen LogP contribution is -2.47. The number of nitrogens with two attached hydrogens (primary N) is 1. The second-order valence-electron chi connectivity index (χ2n) is 4.03. The molecule has 0 spiro atoms. The first-order valence-electron chi connectivity index (χ1n) is 5.76. The third kappa shape index (κ3) is 5.33. The highest BCUT2D eigenvalue weighted by atomic mass is 16.4. The van der Waals surface area contributed by atoms with Gasteiger partial charge in [-0.1, -0.05) is 0 Å². The molecule has 0 saturated carbocycles. The predicted octanol–water partition coefficient (Wildman–Crippen LogP) is -2.06. The van der Waals surface area contributed by atoms with Gasteiger partial charge in [-0.2, -0.15) is 5.10 Å². The van der Waals surface area contributed by atoms with Crippen LogP contribution in [0.3, 0.4) is 0 Å². The molecule has 1 aromatic rings. The number of carbonyl (C=O) groups is 3. The molecule has 0 aliphatic rings. The highest BCUT2D eigenvalue weighted by Crippen LogP contribution is 1.92. The maximum Gasteiger partial charge on any atom is 0.323 e. The van der Waals surface area contributed by atoms with Crippen LogP contribution in [-0.2, 0) is 23.1 Å². The number of amides is 3. The molecule has 0 aliphatic carbocycles. The fourth-order valence-electron chi connectivity index (χ4n) is 1.44. The molecule has 0 radical (unpaired) electrons. The molecule has 0 saturated heterocycles. The van der Waals surface area contributed by atoms with Crippen LogP contribution in [-0.4, -0.2) is 62.3 Å². The summed E-state index contributed by atoms with van der Waals surface area (Å²) in [5, 5.41) is 15.2. The Balaban J connectivity index is 2.44. The summed E-state index contributed by atoms with van der Waals surface area (Å²) in [6, 6.07) is -0.679. The average Bonchev–Trinajstić information content (AvgIpc) is 2.73. The Kier molecular flexibility index (Phi) is 5.44. The predicted molar refractivity (Wildman–Crippen MR) is 66.5 cm³/mol. The molecule has 10 nitrogen and oxygen atoms in total.